The van der Waals surface area contributed by atoms with Gasteiger partial charge in [0.15, 0.2) is 0 Å². The average Bonchev–Trinajstić information content (AvgIpc) is 3.27. The molecule has 1 aliphatic rings. The van der Waals surface area contributed by atoms with Gasteiger partial charge in [0.1, 0.15) is 5.75 Å². The highest BCUT2D eigenvalue weighted by atomic mass is 32.2. The summed E-state index contributed by atoms with van der Waals surface area (Å²) in [4.78, 5) is 0. The van der Waals surface area contributed by atoms with Gasteiger partial charge in [-0.25, -0.2) is 8.42 Å². The molecule has 0 heterocycles. The molecule has 1 fully saturated rings. The SMILES string of the molecule is CCCOc1ccc(NS(=O)(=O)CCCNC2CC2)cc1. The van der Waals surface area contributed by atoms with Gasteiger partial charge in [-0.2, -0.15) is 0 Å². The van der Waals surface area contributed by atoms with Crippen molar-refractivity contribution in [2.45, 2.75) is 38.6 Å². The monoisotopic (exact) mass is 312 g/mol. The Morgan fingerprint density at radius 1 is 1.24 bits per heavy atom. The van der Waals surface area contributed by atoms with Gasteiger partial charge in [-0.3, -0.25) is 4.72 Å². The Morgan fingerprint density at radius 2 is 1.95 bits per heavy atom. The first-order chi connectivity index (χ1) is 10.1. The molecule has 0 radical (unpaired) electrons. The van der Waals surface area contributed by atoms with Crippen molar-refractivity contribution < 1.29 is 13.2 Å². The summed E-state index contributed by atoms with van der Waals surface area (Å²) in [6.45, 7) is 3.47. The third-order valence-corrected chi connectivity index (χ3v) is 4.57. The van der Waals surface area contributed by atoms with E-state index in [1.807, 2.05) is 6.92 Å². The molecule has 0 saturated heterocycles. The molecule has 0 aliphatic heterocycles. The molecule has 5 nitrogen and oxygen atoms in total. The number of rotatable bonds is 10. The quantitative estimate of drug-likeness (QED) is 0.651. The smallest absolute Gasteiger partial charge is 0.232 e. The molecule has 1 aromatic carbocycles. The van der Waals surface area contributed by atoms with Crippen LogP contribution in [0.3, 0.4) is 0 Å². The van der Waals surface area contributed by atoms with Crippen LogP contribution in [-0.2, 0) is 10.0 Å². The molecule has 0 unspecified atom stereocenters. The van der Waals surface area contributed by atoms with Gasteiger partial charge in [-0.15, -0.1) is 0 Å². The Bertz CT molecular complexity index is 524. The van der Waals surface area contributed by atoms with E-state index in [1.165, 1.54) is 12.8 Å². The maximum atomic E-state index is 11.9. The van der Waals surface area contributed by atoms with E-state index in [4.69, 9.17) is 4.74 Å². The van der Waals surface area contributed by atoms with Gasteiger partial charge in [0, 0.05) is 11.7 Å². The minimum atomic E-state index is -3.27. The molecule has 0 spiro atoms. The summed E-state index contributed by atoms with van der Waals surface area (Å²) < 4.78 is 32.0. The second-order valence-corrected chi connectivity index (χ2v) is 7.22. The molecule has 2 N–H and O–H groups in total. The third kappa shape index (κ3) is 6.35. The summed E-state index contributed by atoms with van der Waals surface area (Å²) in [6, 6.07) is 7.64. The lowest BCUT2D eigenvalue weighted by atomic mass is 10.3. The number of ether oxygens (including phenoxy) is 1. The van der Waals surface area contributed by atoms with Crippen LogP contribution < -0.4 is 14.8 Å². The number of nitrogens with one attached hydrogen (secondary N) is 2. The second kappa shape index (κ2) is 7.66. The Kier molecular flexibility index (Phi) is 5.87. The third-order valence-electron chi connectivity index (χ3n) is 3.20. The van der Waals surface area contributed by atoms with Gasteiger partial charge in [-0.1, -0.05) is 6.92 Å². The van der Waals surface area contributed by atoms with Crippen molar-refractivity contribution >= 4 is 15.7 Å². The fourth-order valence-electron chi connectivity index (χ4n) is 1.93. The van der Waals surface area contributed by atoms with Crippen molar-refractivity contribution in [2.75, 3.05) is 23.6 Å². The molecule has 1 aromatic rings. The Morgan fingerprint density at radius 3 is 2.57 bits per heavy atom. The highest BCUT2D eigenvalue weighted by Gasteiger charge is 2.20. The maximum Gasteiger partial charge on any atom is 0.232 e. The zero-order valence-electron chi connectivity index (χ0n) is 12.5. The summed E-state index contributed by atoms with van der Waals surface area (Å²) in [5.74, 6) is 0.897. The van der Waals surface area contributed by atoms with E-state index < -0.39 is 10.0 Å². The van der Waals surface area contributed by atoms with Crippen LogP contribution in [-0.4, -0.2) is 33.4 Å². The van der Waals surface area contributed by atoms with E-state index in [-0.39, 0.29) is 5.75 Å². The van der Waals surface area contributed by atoms with Gasteiger partial charge < -0.3 is 10.1 Å². The number of benzene rings is 1. The van der Waals surface area contributed by atoms with Gasteiger partial charge in [0.05, 0.1) is 12.4 Å². The number of hydrogen-bond acceptors (Lipinski definition) is 4. The van der Waals surface area contributed by atoms with Crippen LogP contribution in [0.15, 0.2) is 24.3 Å². The van der Waals surface area contributed by atoms with Crippen molar-refractivity contribution in [1.82, 2.24) is 5.32 Å². The predicted molar refractivity (Wildman–Crippen MR) is 85.3 cm³/mol. The predicted octanol–water partition coefficient (Wildman–Crippen LogP) is 2.36. The molecule has 6 heteroatoms. The van der Waals surface area contributed by atoms with Crippen LogP contribution in [0.5, 0.6) is 5.75 Å². The second-order valence-electron chi connectivity index (χ2n) is 5.38. The first-order valence-corrected chi connectivity index (χ1v) is 9.21. The Balaban J connectivity index is 1.75. The fourth-order valence-corrected chi connectivity index (χ4v) is 3.05. The van der Waals surface area contributed by atoms with Crippen LogP contribution in [0, 0.1) is 0 Å². The summed E-state index contributed by atoms with van der Waals surface area (Å²) in [7, 11) is -3.27. The lowest BCUT2D eigenvalue weighted by Crippen LogP contribution is -2.23. The highest BCUT2D eigenvalue weighted by molar-refractivity contribution is 7.92. The van der Waals surface area contributed by atoms with Crippen LogP contribution in [0.4, 0.5) is 5.69 Å². The molecule has 2 rings (SSSR count). The minimum Gasteiger partial charge on any atom is -0.494 e. The maximum absolute atomic E-state index is 11.9. The minimum absolute atomic E-state index is 0.140. The standard InChI is InChI=1S/C15H24N2O3S/c1-2-11-20-15-8-6-14(7-9-15)17-21(18,19)12-3-10-16-13-4-5-13/h6-9,13,16-17H,2-5,10-12H2,1H3. The lowest BCUT2D eigenvalue weighted by Gasteiger charge is -2.09. The Hall–Kier alpha value is -1.27. The summed E-state index contributed by atoms with van der Waals surface area (Å²) in [5.41, 5.74) is 0.578. The van der Waals surface area contributed by atoms with Gasteiger partial charge in [0.2, 0.25) is 10.0 Å². The van der Waals surface area contributed by atoms with E-state index in [0.717, 1.165) is 18.7 Å². The van der Waals surface area contributed by atoms with E-state index in [2.05, 4.69) is 10.0 Å². The average molecular weight is 312 g/mol. The van der Waals surface area contributed by atoms with Crippen molar-refractivity contribution in [3.05, 3.63) is 24.3 Å². The van der Waals surface area contributed by atoms with E-state index >= 15 is 0 Å². The number of hydrogen-bond donors (Lipinski definition) is 2. The number of anilines is 1. The molecule has 0 atom stereocenters. The zero-order chi connectivity index (χ0) is 15.1. The number of sulfonamides is 1. The summed E-state index contributed by atoms with van der Waals surface area (Å²) >= 11 is 0. The topological polar surface area (TPSA) is 67.4 Å². The fraction of sp³-hybridized carbons (Fsp3) is 0.600. The van der Waals surface area contributed by atoms with Crippen LogP contribution in [0.2, 0.25) is 0 Å². The highest BCUT2D eigenvalue weighted by Crippen LogP contribution is 2.19. The van der Waals surface area contributed by atoms with Crippen molar-refractivity contribution in [3.8, 4) is 5.75 Å². The van der Waals surface area contributed by atoms with Gasteiger partial charge in [-0.05, 0) is 56.5 Å². The zero-order valence-corrected chi connectivity index (χ0v) is 13.3. The molecule has 0 aromatic heterocycles. The van der Waals surface area contributed by atoms with E-state index in [9.17, 15) is 8.42 Å². The first kappa shape index (κ1) is 16.1. The van der Waals surface area contributed by atoms with Gasteiger partial charge >= 0.3 is 0 Å². The van der Waals surface area contributed by atoms with Crippen LogP contribution >= 0.6 is 0 Å². The lowest BCUT2D eigenvalue weighted by molar-refractivity contribution is 0.317. The van der Waals surface area contributed by atoms with E-state index in [0.29, 0.717) is 24.8 Å². The summed E-state index contributed by atoms with van der Waals surface area (Å²) in [6.07, 6.45) is 4.02. The first-order valence-electron chi connectivity index (χ1n) is 7.56. The molecule has 0 amide bonds. The largest absolute Gasteiger partial charge is 0.494 e. The van der Waals surface area contributed by atoms with Crippen molar-refractivity contribution in [2.24, 2.45) is 0 Å². The molecule has 21 heavy (non-hydrogen) atoms. The Labute approximate surface area is 127 Å². The molecule has 1 saturated carbocycles. The molecule has 118 valence electrons. The summed E-state index contributed by atoms with van der Waals surface area (Å²) in [5, 5.41) is 3.31. The normalized spacial score (nSPS) is 14.9. The molecule has 1 aliphatic carbocycles. The van der Waals surface area contributed by atoms with Crippen LogP contribution in [0.25, 0.3) is 0 Å². The molecule has 0 bridgehead atoms. The van der Waals surface area contributed by atoms with Crippen molar-refractivity contribution in [3.63, 3.8) is 0 Å². The molecular formula is C15H24N2O3S. The van der Waals surface area contributed by atoms with Crippen LogP contribution in [0.1, 0.15) is 32.6 Å². The van der Waals surface area contributed by atoms with Crippen molar-refractivity contribution in [1.29, 1.82) is 0 Å². The van der Waals surface area contributed by atoms with Gasteiger partial charge in [0.25, 0.3) is 0 Å². The van der Waals surface area contributed by atoms with E-state index in [1.54, 1.807) is 24.3 Å². The molecular weight excluding hydrogens is 288 g/mol.